The molecule has 0 fully saturated rings. The summed E-state index contributed by atoms with van der Waals surface area (Å²) in [5, 5.41) is 7.75. The zero-order valence-electron chi connectivity index (χ0n) is 8.55. The molecule has 6 nitrogen and oxygen atoms in total. The van der Waals surface area contributed by atoms with Crippen molar-refractivity contribution in [2.24, 2.45) is 0 Å². The van der Waals surface area contributed by atoms with Gasteiger partial charge < -0.3 is 15.4 Å². The Morgan fingerprint density at radius 2 is 1.86 bits per heavy atom. The highest BCUT2D eigenvalue weighted by atomic mass is 16.5. The van der Waals surface area contributed by atoms with Crippen molar-refractivity contribution < 1.29 is 14.3 Å². The first-order valence-corrected chi connectivity index (χ1v) is 4.37. The van der Waals surface area contributed by atoms with E-state index >= 15 is 0 Å². The lowest BCUT2D eigenvalue weighted by Crippen LogP contribution is -2.39. The Hall–Kier alpha value is -1.14. The fraction of sp³-hybridized carbons (Fsp3) is 0.750. The third-order valence-corrected chi connectivity index (χ3v) is 1.48. The number of methoxy groups -OCH3 is 1. The minimum Gasteiger partial charge on any atom is -0.383 e. The second-order valence-electron chi connectivity index (χ2n) is 2.62. The van der Waals surface area contributed by atoms with E-state index in [0.717, 1.165) is 0 Å². The number of likely N-dealkylation sites (N-methyl/N-ethyl adjacent to an activating group) is 1. The third-order valence-electron chi connectivity index (χ3n) is 1.48. The molecule has 0 heterocycles. The lowest BCUT2D eigenvalue weighted by atomic mass is 10.5. The van der Waals surface area contributed by atoms with Gasteiger partial charge in [0.25, 0.3) is 0 Å². The quantitative estimate of drug-likeness (QED) is 0.422. The predicted molar refractivity (Wildman–Crippen MR) is 51.8 cm³/mol. The molecule has 0 aromatic heterocycles. The predicted octanol–water partition coefficient (Wildman–Crippen LogP) is -1.92. The maximum Gasteiger partial charge on any atom is 0.234 e. The van der Waals surface area contributed by atoms with Gasteiger partial charge in [-0.2, -0.15) is 0 Å². The Bertz CT molecular complexity index is 185. The van der Waals surface area contributed by atoms with Crippen LogP contribution in [0.5, 0.6) is 0 Å². The van der Waals surface area contributed by atoms with Crippen LogP contribution in [-0.2, 0) is 14.3 Å². The fourth-order valence-corrected chi connectivity index (χ4v) is 0.733. The smallest absolute Gasteiger partial charge is 0.234 e. The molecule has 0 saturated heterocycles. The van der Waals surface area contributed by atoms with Crippen molar-refractivity contribution >= 4 is 11.8 Å². The zero-order chi connectivity index (χ0) is 10.8. The summed E-state index contributed by atoms with van der Waals surface area (Å²) in [4.78, 5) is 21.8. The Kier molecular flexibility index (Phi) is 7.77. The molecule has 14 heavy (non-hydrogen) atoms. The SMILES string of the molecule is CNC(=O)CNCC(=O)NCCOC. The Balaban J connectivity index is 3.31. The van der Waals surface area contributed by atoms with Gasteiger partial charge in [-0.15, -0.1) is 0 Å². The van der Waals surface area contributed by atoms with E-state index in [9.17, 15) is 9.59 Å². The van der Waals surface area contributed by atoms with Crippen LogP contribution in [0.1, 0.15) is 0 Å². The maximum absolute atomic E-state index is 11.0. The summed E-state index contributed by atoms with van der Waals surface area (Å²) in [6.45, 7) is 1.25. The van der Waals surface area contributed by atoms with Crippen LogP contribution >= 0.6 is 0 Å². The van der Waals surface area contributed by atoms with E-state index in [2.05, 4.69) is 16.0 Å². The summed E-state index contributed by atoms with van der Waals surface area (Å²) in [5.74, 6) is -0.291. The van der Waals surface area contributed by atoms with E-state index < -0.39 is 0 Å². The van der Waals surface area contributed by atoms with Gasteiger partial charge in [0.05, 0.1) is 19.7 Å². The summed E-state index contributed by atoms with van der Waals surface area (Å²) in [5.41, 5.74) is 0. The van der Waals surface area contributed by atoms with Crippen molar-refractivity contribution in [2.45, 2.75) is 0 Å². The molecular formula is C8H17N3O3. The first kappa shape index (κ1) is 12.9. The van der Waals surface area contributed by atoms with Gasteiger partial charge in [0.15, 0.2) is 0 Å². The Morgan fingerprint density at radius 1 is 1.21 bits per heavy atom. The molecule has 82 valence electrons. The summed E-state index contributed by atoms with van der Waals surface area (Å²) in [7, 11) is 3.11. The van der Waals surface area contributed by atoms with Gasteiger partial charge in [-0.05, 0) is 0 Å². The third kappa shape index (κ3) is 7.51. The van der Waals surface area contributed by atoms with E-state index in [4.69, 9.17) is 4.74 Å². The van der Waals surface area contributed by atoms with Crippen molar-refractivity contribution in [3.8, 4) is 0 Å². The van der Waals surface area contributed by atoms with E-state index in [1.807, 2.05) is 0 Å². The lowest BCUT2D eigenvalue weighted by Gasteiger charge is -2.05. The molecule has 0 aliphatic heterocycles. The van der Waals surface area contributed by atoms with Crippen LogP contribution in [0.25, 0.3) is 0 Å². The van der Waals surface area contributed by atoms with Crippen molar-refractivity contribution in [1.82, 2.24) is 16.0 Å². The number of nitrogens with one attached hydrogen (secondary N) is 3. The van der Waals surface area contributed by atoms with Crippen molar-refractivity contribution in [1.29, 1.82) is 0 Å². The molecule has 0 saturated carbocycles. The molecule has 0 spiro atoms. The van der Waals surface area contributed by atoms with Gasteiger partial charge >= 0.3 is 0 Å². The van der Waals surface area contributed by atoms with Crippen LogP contribution in [0.3, 0.4) is 0 Å². The van der Waals surface area contributed by atoms with Crippen LogP contribution in [0, 0.1) is 0 Å². The van der Waals surface area contributed by atoms with Crippen LogP contribution in [0.15, 0.2) is 0 Å². The topological polar surface area (TPSA) is 79.5 Å². The molecule has 6 heteroatoms. The minimum absolute atomic E-state index is 0.136. The summed E-state index contributed by atoms with van der Waals surface area (Å²) in [6.07, 6.45) is 0. The molecule has 0 rings (SSSR count). The number of carbonyl (C=O) groups is 2. The number of amides is 2. The average molecular weight is 203 g/mol. The van der Waals surface area contributed by atoms with Crippen LogP contribution < -0.4 is 16.0 Å². The molecule has 3 N–H and O–H groups in total. The second-order valence-corrected chi connectivity index (χ2v) is 2.62. The minimum atomic E-state index is -0.147. The molecule has 2 amide bonds. The van der Waals surface area contributed by atoms with Crippen molar-refractivity contribution in [3.63, 3.8) is 0 Å². The summed E-state index contributed by atoms with van der Waals surface area (Å²) < 4.78 is 4.75. The molecule has 0 aliphatic rings. The van der Waals surface area contributed by atoms with E-state index in [-0.39, 0.29) is 24.9 Å². The normalized spacial score (nSPS) is 9.57. The van der Waals surface area contributed by atoms with Gasteiger partial charge in [0, 0.05) is 20.7 Å². The highest BCUT2D eigenvalue weighted by molar-refractivity contribution is 5.80. The summed E-state index contributed by atoms with van der Waals surface area (Å²) >= 11 is 0. The number of rotatable bonds is 7. The molecule has 0 aromatic carbocycles. The van der Waals surface area contributed by atoms with Gasteiger partial charge in [0.2, 0.25) is 11.8 Å². The number of hydrogen-bond donors (Lipinski definition) is 3. The first-order chi connectivity index (χ1) is 6.70. The monoisotopic (exact) mass is 203 g/mol. The standard InChI is InChI=1S/C8H17N3O3/c1-9-7(12)5-10-6-8(13)11-3-4-14-2/h10H,3-6H2,1-2H3,(H,9,12)(H,11,13). The Labute approximate surface area is 83.4 Å². The van der Waals surface area contributed by atoms with E-state index in [1.165, 1.54) is 0 Å². The van der Waals surface area contributed by atoms with Gasteiger partial charge in [0.1, 0.15) is 0 Å². The maximum atomic E-state index is 11.0. The second kappa shape index (κ2) is 8.46. The Morgan fingerprint density at radius 3 is 2.43 bits per heavy atom. The van der Waals surface area contributed by atoms with E-state index in [0.29, 0.717) is 13.2 Å². The van der Waals surface area contributed by atoms with Crippen LogP contribution in [-0.4, -0.2) is 52.2 Å². The molecule has 0 bridgehead atoms. The molecule has 0 aromatic rings. The van der Waals surface area contributed by atoms with Crippen LogP contribution in [0.4, 0.5) is 0 Å². The summed E-state index contributed by atoms with van der Waals surface area (Å²) in [6, 6.07) is 0. The molecular weight excluding hydrogens is 186 g/mol. The molecule has 0 unspecified atom stereocenters. The van der Waals surface area contributed by atoms with E-state index in [1.54, 1.807) is 14.2 Å². The highest BCUT2D eigenvalue weighted by Crippen LogP contribution is 1.68. The molecule has 0 aliphatic carbocycles. The van der Waals surface area contributed by atoms with Crippen LogP contribution in [0.2, 0.25) is 0 Å². The number of hydrogen-bond acceptors (Lipinski definition) is 4. The fourth-order valence-electron chi connectivity index (χ4n) is 0.733. The zero-order valence-corrected chi connectivity index (χ0v) is 8.55. The van der Waals surface area contributed by atoms with Gasteiger partial charge in [-0.1, -0.05) is 0 Å². The van der Waals surface area contributed by atoms with Crippen molar-refractivity contribution in [2.75, 3.05) is 40.4 Å². The first-order valence-electron chi connectivity index (χ1n) is 4.37. The van der Waals surface area contributed by atoms with Crippen molar-refractivity contribution in [3.05, 3.63) is 0 Å². The number of carbonyl (C=O) groups excluding carboxylic acids is 2. The molecule has 0 radical (unpaired) electrons. The van der Waals surface area contributed by atoms with Gasteiger partial charge in [-0.25, -0.2) is 0 Å². The number of ether oxygens (including phenoxy) is 1. The highest BCUT2D eigenvalue weighted by Gasteiger charge is 2.01. The molecule has 0 atom stereocenters. The lowest BCUT2D eigenvalue weighted by molar-refractivity contribution is -0.121. The largest absolute Gasteiger partial charge is 0.383 e. The average Bonchev–Trinajstić information content (AvgIpc) is 2.18. The van der Waals surface area contributed by atoms with Gasteiger partial charge in [-0.3, -0.25) is 14.9 Å².